The summed E-state index contributed by atoms with van der Waals surface area (Å²) in [6, 6.07) is 15.6. The highest BCUT2D eigenvalue weighted by atomic mass is 16.2. The van der Waals surface area contributed by atoms with Gasteiger partial charge in [0, 0.05) is 22.7 Å². The fourth-order valence-electron chi connectivity index (χ4n) is 3.58. The summed E-state index contributed by atoms with van der Waals surface area (Å²) < 4.78 is 1.81. The summed E-state index contributed by atoms with van der Waals surface area (Å²) in [6.45, 7) is 4.58. The van der Waals surface area contributed by atoms with Gasteiger partial charge in [0.25, 0.3) is 0 Å². The molecule has 0 aliphatic heterocycles. The van der Waals surface area contributed by atoms with Crippen LogP contribution < -0.4 is 11.1 Å². The topological polar surface area (TPSA) is 88.7 Å². The molecule has 0 fully saturated rings. The predicted octanol–water partition coefficient (Wildman–Crippen LogP) is 3.54. The van der Waals surface area contributed by atoms with Crippen LogP contribution in [-0.4, -0.2) is 26.7 Å². The molecule has 6 nitrogen and oxygen atoms in total. The zero-order valence-corrected chi connectivity index (χ0v) is 16.6. The third-order valence-corrected chi connectivity index (χ3v) is 5.13. The molecule has 1 atom stereocenters. The van der Waals surface area contributed by atoms with Gasteiger partial charge in [-0.25, -0.2) is 4.68 Å². The van der Waals surface area contributed by atoms with Crippen molar-refractivity contribution in [3.05, 3.63) is 83.2 Å². The van der Waals surface area contributed by atoms with Gasteiger partial charge in [0.2, 0.25) is 5.91 Å². The fraction of sp³-hybridized carbons (Fsp3) is 0.217. The number of aromatic nitrogens is 3. The number of H-pyrrole nitrogens is 1. The third kappa shape index (κ3) is 4.07. The Bertz CT molecular complexity index is 1160. The van der Waals surface area contributed by atoms with Gasteiger partial charge in [-0.2, -0.15) is 5.10 Å². The van der Waals surface area contributed by atoms with E-state index in [1.807, 2.05) is 43.5 Å². The molecular formula is C23H25N5O. The summed E-state index contributed by atoms with van der Waals surface area (Å²) in [5.74, 6) is 0.468. The van der Waals surface area contributed by atoms with E-state index in [4.69, 9.17) is 5.73 Å². The van der Waals surface area contributed by atoms with Crippen LogP contribution in [-0.2, 0) is 17.8 Å². The van der Waals surface area contributed by atoms with Gasteiger partial charge in [-0.1, -0.05) is 48.0 Å². The van der Waals surface area contributed by atoms with E-state index in [0.29, 0.717) is 18.8 Å². The van der Waals surface area contributed by atoms with Crippen molar-refractivity contribution in [2.75, 3.05) is 5.32 Å². The van der Waals surface area contributed by atoms with Gasteiger partial charge < -0.3 is 16.0 Å². The maximum atomic E-state index is 12.8. The van der Waals surface area contributed by atoms with Crippen LogP contribution in [0.15, 0.2) is 60.9 Å². The number of nitrogens with zero attached hydrogens (tertiary/aromatic N) is 2. The smallest absolute Gasteiger partial charge is 0.242 e. The van der Waals surface area contributed by atoms with Crippen molar-refractivity contribution in [1.29, 1.82) is 0 Å². The van der Waals surface area contributed by atoms with E-state index in [1.54, 1.807) is 10.9 Å². The first-order valence-electron chi connectivity index (χ1n) is 9.70. The molecule has 148 valence electrons. The van der Waals surface area contributed by atoms with Crippen LogP contribution in [0.5, 0.6) is 0 Å². The van der Waals surface area contributed by atoms with Crippen molar-refractivity contribution in [3.63, 3.8) is 0 Å². The molecule has 0 saturated carbocycles. The van der Waals surface area contributed by atoms with E-state index in [9.17, 15) is 4.79 Å². The van der Waals surface area contributed by atoms with Crippen LogP contribution >= 0.6 is 0 Å². The molecule has 2 aromatic heterocycles. The molecule has 0 aliphatic carbocycles. The summed E-state index contributed by atoms with van der Waals surface area (Å²) >= 11 is 0. The molecule has 0 saturated heterocycles. The normalized spacial score (nSPS) is 12.2. The minimum absolute atomic E-state index is 0.218. The number of nitrogens with two attached hydrogens (primary N) is 1. The molecule has 1 amide bonds. The lowest BCUT2D eigenvalue weighted by molar-refractivity contribution is -0.117. The summed E-state index contributed by atoms with van der Waals surface area (Å²) in [7, 11) is 0. The first kappa shape index (κ1) is 19.0. The van der Waals surface area contributed by atoms with Gasteiger partial charge in [-0.15, -0.1) is 0 Å². The lowest BCUT2D eigenvalue weighted by Gasteiger charge is -2.14. The van der Waals surface area contributed by atoms with Crippen LogP contribution in [0.3, 0.4) is 0 Å². The zero-order chi connectivity index (χ0) is 20.4. The van der Waals surface area contributed by atoms with Gasteiger partial charge in [0.1, 0.15) is 5.82 Å². The molecule has 4 rings (SSSR count). The number of aromatic amines is 1. The van der Waals surface area contributed by atoms with E-state index in [1.165, 1.54) is 5.56 Å². The Balaban J connectivity index is 1.48. The average Bonchev–Trinajstić information content (AvgIpc) is 3.26. The molecule has 29 heavy (non-hydrogen) atoms. The number of carbonyl (C=O) groups excluding carboxylic acids is 1. The van der Waals surface area contributed by atoms with E-state index in [-0.39, 0.29) is 5.91 Å². The monoisotopic (exact) mass is 387 g/mol. The lowest BCUT2D eigenvalue weighted by atomic mass is 10.1. The molecule has 0 bridgehead atoms. The third-order valence-electron chi connectivity index (χ3n) is 5.13. The molecule has 0 unspecified atom stereocenters. The number of para-hydroxylation sites is 1. The molecule has 6 heteroatoms. The number of nitrogens with one attached hydrogen (secondary N) is 2. The van der Waals surface area contributed by atoms with Gasteiger partial charge in [-0.3, -0.25) is 4.79 Å². The van der Waals surface area contributed by atoms with E-state index < -0.39 is 6.04 Å². The summed E-state index contributed by atoms with van der Waals surface area (Å²) in [5, 5.41) is 8.50. The van der Waals surface area contributed by atoms with Crippen LogP contribution in [0.1, 0.15) is 22.3 Å². The number of anilines is 1. The maximum absolute atomic E-state index is 12.8. The molecule has 2 aromatic carbocycles. The molecule has 2 heterocycles. The van der Waals surface area contributed by atoms with Crippen LogP contribution in [0.2, 0.25) is 0 Å². The molecule has 0 spiro atoms. The minimum atomic E-state index is -0.657. The Hall–Kier alpha value is -3.38. The van der Waals surface area contributed by atoms with Crippen molar-refractivity contribution < 1.29 is 4.79 Å². The number of fused-ring (bicyclic) bond motifs is 1. The molecule has 4 aromatic rings. The van der Waals surface area contributed by atoms with Crippen molar-refractivity contribution in [1.82, 2.24) is 14.8 Å². The Kier molecular flexibility index (Phi) is 5.18. The predicted molar refractivity (Wildman–Crippen MR) is 116 cm³/mol. The fourth-order valence-corrected chi connectivity index (χ4v) is 3.58. The quantitative estimate of drug-likeness (QED) is 0.473. The highest BCUT2D eigenvalue weighted by molar-refractivity contribution is 5.95. The van der Waals surface area contributed by atoms with Crippen LogP contribution in [0.25, 0.3) is 10.9 Å². The number of amides is 1. The zero-order valence-electron chi connectivity index (χ0n) is 16.6. The van der Waals surface area contributed by atoms with Crippen molar-refractivity contribution in [2.45, 2.75) is 32.9 Å². The van der Waals surface area contributed by atoms with Gasteiger partial charge in [0.15, 0.2) is 0 Å². The second kappa shape index (κ2) is 7.93. The second-order valence-corrected chi connectivity index (χ2v) is 7.48. The number of benzene rings is 2. The minimum Gasteiger partial charge on any atom is -0.361 e. The largest absolute Gasteiger partial charge is 0.361 e. The van der Waals surface area contributed by atoms with Crippen molar-refractivity contribution in [3.8, 4) is 0 Å². The van der Waals surface area contributed by atoms with Crippen LogP contribution in [0.4, 0.5) is 5.82 Å². The Morgan fingerprint density at radius 2 is 2.03 bits per heavy atom. The number of rotatable bonds is 6. The summed E-state index contributed by atoms with van der Waals surface area (Å²) in [6.07, 6.45) is 4.14. The molecule has 4 N–H and O–H groups in total. The number of aryl methyl sites for hydroxylation is 2. The lowest BCUT2D eigenvalue weighted by Crippen LogP contribution is -2.38. The van der Waals surface area contributed by atoms with E-state index >= 15 is 0 Å². The van der Waals surface area contributed by atoms with Gasteiger partial charge in [0.05, 0.1) is 18.8 Å². The van der Waals surface area contributed by atoms with Gasteiger partial charge >= 0.3 is 0 Å². The highest BCUT2D eigenvalue weighted by Gasteiger charge is 2.19. The SMILES string of the molecule is Cc1cccc(Cn2ncc(C)c2NC(=O)[C@H](N)Cc2c[nH]c3ccccc23)c1. The van der Waals surface area contributed by atoms with Crippen molar-refractivity contribution >= 4 is 22.6 Å². The Labute approximate surface area is 169 Å². The van der Waals surface area contributed by atoms with Crippen molar-refractivity contribution in [2.24, 2.45) is 5.73 Å². The number of carbonyl (C=O) groups is 1. The molecular weight excluding hydrogens is 362 g/mol. The molecule has 0 aliphatic rings. The highest BCUT2D eigenvalue weighted by Crippen LogP contribution is 2.20. The number of hydrogen-bond acceptors (Lipinski definition) is 3. The summed E-state index contributed by atoms with van der Waals surface area (Å²) in [5.41, 5.74) is 11.5. The molecule has 0 radical (unpaired) electrons. The second-order valence-electron chi connectivity index (χ2n) is 7.48. The number of hydrogen-bond donors (Lipinski definition) is 3. The van der Waals surface area contributed by atoms with Crippen LogP contribution in [0, 0.1) is 13.8 Å². The standard InChI is InChI=1S/C23H25N5O/c1-15-6-5-7-17(10-15)14-28-22(16(2)12-26-28)27-23(29)20(24)11-18-13-25-21-9-4-3-8-19(18)21/h3-10,12-13,20,25H,11,14,24H2,1-2H3,(H,27,29)/t20-/m1/s1. The van der Waals surface area contributed by atoms with E-state index in [2.05, 4.69) is 40.5 Å². The first-order chi connectivity index (χ1) is 14.0. The average molecular weight is 387 g/mol. The first-order valence-corrected chi connectivity index (χ1v) is 9.70. The Morgan fingerprint density at radius 1 is 1.21 bits per heavy atom. The summed E-state index contributed by atoms with van der Waals surface area (Å²) in [4.78, 5) is 16.0. The van der Waals surface area contributed by atoms with E-state index in [0.717, 1.165) is 27.6 Å². The maximum Gasteiger partial charge on any atom is 0.242 e. The Morgan fingerprint density at radius 3 is 2.86 bits per heavy atom. The van der Waals surface area contributed by atoms with Gasteiger partial charge in [-0.05, 0) is 37.5 Å².